The van der Waals surface area contributed by atoms with Gasteiger partial charge in [0, 0.05) is 18.6 Å². The Morgan fingerprint density at radius 1 is 1.33 bits per heavy atom. The van der Waals surface area contributed by atoms with Gasteiger partial charge < -0.3 is 9.30 Å². The molecule has 102 valence electrons. The molecule has 0 N–H and O–H groups in total. The zero-order valence-electron chi connectivity index (χ0n) is 11.4. The minimum absolute atomic E-state index is 0.0263. The fraction of sp³-hybridized carbons (Fsp3) is 0.846. The van der Waals surface area contributed by atoms with Gasteiger partial charge in [0.15, 0.2) is 0 Å². The summed E-state index contributed by atoms with van der Waals surface area (Å²) in [5.74, 6) is 2.08. The van der Waals surface area contributed by atoms with Gasteiger partial charge in [0.1, 0.15) is 11.6 Å². The highest BCUT2D eigenvalue weighted by molar-refractivity contribution is 9.08. The highest BCUT2D eigenvalue weighted by Crippen LogP contribution is 2.23. The van der Waals surface area contributed by atoms with E-state index in [1.165, 1.54) is 12.8 Å². The molecule has 5 heteroatoms. The predicted molar refractivity (Wildman–Crippen MR) is 74.9 cm³/mol. The average molecular weight is 316 g/mol. The summed E-state index contributed by atoms with van der Waals surface area (Å²) in [5.41, 5.74) is 0.0263. The Labute approximate surface area is 117 Å². The largest absolute Gasteiger partial charge is 0.378 e. The van der Waals surface area contributed by atoms with E-state index in [-0.39, 0.29) is 5.54 Å². The fourth-order valence-electron chi connectivity index (χ4n) is 2.54. The van der Waals surface area contributed by atoms with Crippen LogP contribution in [0, 0.1) is 0 Å². The van der Waals surface area contributed by atoms with Crippen LogP contribution >= 0.6 is 15.9 Å². The molecule has 0 saturated carbocycles. The maximum absolute atomic E-state index is 5.67. The van der Waals surface area contributed by atoms with Crippen LogP contribution in [0.2, 0.25) is 0 Å². The molecular weight excluding hydrogens is 294 g/mol. The minimum atomic E-state index is 0.0263. The molecule has 1 aliphatic heterocycles. The first-order chi connectivity index (χ1) is 8.52. The van der Waals surface area contributed by atoms with Crippen molar-refractivity contribution < 1.29 is 4.74 Å². The zero-order valence-corrected chi connectivity index (χ0v) is 13.0. The van der Waals surface area contributed by atoms with Crippen molar-refractivity contribution in [1.82, 2.24) is 14.8 Å². The molecule has 0 aliphatic carbocycles. The first kappa shape index (κ1) is 14.0. The van der Waals surface area contributed by atoms with E-state index in [1.54, 1.807) is 0 Å². The normalized spacial score (nSPS) is 20.6. The van der Waals surface area contributed by atoms with Crippen molar-refractivity contribution >= 4 is 15.9 Å². The van der Waals surface area contributed by atoms with E-state index >= 15 is 0 Å². The van der Waals surface area contributed by atoms with Crippen LogP contribution in [-0.4, -0.2) is 27.5 Å². The van der Waals surface area contributed by atoms with Gasteiger partial charge in [0.2, 0.25) is 0 Å². The summed E-state index contributed by atoms with van der Waals surface area (Å²) in [4.78, 5) is 0. The van der Waals surface area contributed by atoms with E-state index in [1.807, 2.05) is 0 Å². The van der Waals surface area contributed by atoms with Crippen molar-refractivity contribution in [2.45, 2.75) is 63.4 Å². The second-order valence-corrected chi connectivity index (χ2v) is 6.41. The van der Waals surface area contributed by atoms with Crippen LogP contribution < -0.4 is 0 Å². The molecule has 18 heavy (non-hydrogen) atoms. The summed E-state index contributed by atoms with van der Waals surface area (Å²) >= 11 is 3.48. The van der Waals surface area contributed by atoms with Gasteiger partial charge in [-0.3, -0.25) is 0 Å². The highest BCUT2D eigenvalue weighted by Gasteiger charge is 2.23. The summed E-state index contributed by atoms with van der Waals surface area (Å²) in [5, 5.41) is 9.36. The van der Waals surface area contributed by atoms with Crippen LogP contribution in [0.4, 0.5) is 0 Å². The molecule has 0 amide bonds. The zero-order chi connectivity index (χ0) is 13.2. The Bertz CT molecular complexity index is 391. The number of aryl methyl sites for hydroxylation is 1. The smallest absolute Gasteiger partial charge is 0.144 e. The Morgan fingerprint density at radius 2 is 2.06 bits per heavy atom. The molecule has 0 radical (unpaired) electrons. The van der Waals surface area contributed by atoms with Gasteiger partial charge in [0.25, 0.3) is 0 Å². The van der Waals surface area contributed by atoms with Crippen molar-refractivity contribution in [2.24, 2.45) is 0 Å². The molecule has 4 nitrogen and oxygen atoms in total. The van der Waals surface area contributed by atoms with Crippen LogP contribution in [0.3, 0.4) is 0 Å². The average Bonchev–Trinajstić information content (AvgIpc) is 2.94. The Morgan fingerprint density at radius 3 is 2.61 bits per heavy atom. The van der Waals surface area contributed by atoms with Crippen molar-refractivity contribution in [3.05, 3.63) is 11.6 Å². The standard InChI is InChI=1S/C13H22BrN3O/c1-13(2,3)17-11(15-16-12(17)9-14)7-6-10-5-4-8-18-10/h10H,4-9H2,1-3H3. The second kappa shape index (κ2) is 5.70. The summed E-state index contributed by atoms with van der Waals surface area (Å²) < 4.78 is 7.91. The first-order valence-corrected chi connectivity index (χ1v) is 7.75. The van der Waals surface area contributed by atoms with E-state index in [9.17, 15) is 0 Å². The van der Waals surface area contributed by atoms with E-state index in [2.05, 4.69) is 51.5 Å². The number of nitrogens with zero attached hydrogens (tertiary/aromatic N) is 3. The lowest BCUT2D eigenvalue weighted by Crippen LogP contribution is -2.26. The van der Waals surface area contributed by atoms with Gasteiger partial charge in [0.05, 0.1) is 11.4 Å². The van der Waals surface area contributed by atoms with E-state index in [0.717, 1.165) is 36.4 Å². The van der Waals surface area contributed by atoms with Gasteiger partial charge in [-0.15, -0.1) is 10.2 Å². The molecule has 1 aromatic rings. The van der Waals surface area contributed by atoms with Crippen molar-refractivity contribution in [3.8, 4) is 0 Å². The van der Waals surface area contributed by atoms with Crippen molar-refractivity contribution in [2.75, 3.05) is 6.61 Å². The van der Waals surface area contributed by atoms with Crippen LogP contribution in [0.15, 0.2) is 0 Å². The summed E-state index contributed by atoms with van der Waals surface area (Å²) in [6.45, 7) is 7.50. The lowest BCUT2D eigenvalue weighted by atomic mass is 10.1. The monoisotopic (exact) mass is 315 g/mol. The number of hydrogen-bond donors (Lipinski definition) is 0. The second-order valence-electron chi connectivity index (χ2n) is 5.85. The molecular formula is C13H22BrN3O. The molecule has 1 saturated heterocycles. The van der Waals surface area contributed by atoms with Gasteiger partial charge in [-0.05, 0) is 40.0 Å². The molecule has 2 rings (SSSR count). The number of ether oxygens (including phenoxy) is 1. The Hall–Kier alpha value is -0.420. The molecule has 0 aromatic carbocycles. The van der Waals surface area contributed by atoms with Crippen molar-refractivity contribution in [3.63, 3.8) is 0 Å². The quantitative estimate of drug-likeness (QED) is 0.802. The number of halogens is 1. The van der Waals surface area contributed by atoms with Gasteiger partial charge in [-0.25, -0.2) is 0 Å². The maximum Gasteiger partial charge on any atom is 0.144 e. The molecule has 2 heterocycles. The molecule has 1 aromatic heterocycles. The topological polar surface area (TPSA) is 39.9 Å². The minimum Gasteiger partial charge on any atom is -0.378 e. The third-order valence-corrected chi connectivity index (χ3v) is 3.80. The number of alkyl halides is 1. The van der Waals surface area contributed by atoms with Gasteiger partial charge >= 0.3 is 0 Å². The number of aromatic nitrogens is 3. The summed E-state index contributed by atoms with van der Waals surface area (Å²) in [6.07, 6.45) is 4.80. The summed E-state index contributed by atoms with van der Waals surface area (Å²) in [6, 6.07) is 0. The predicted octanol–water partition coefficient (Wildman–Crippen LogP) is 3.04. The van der Waals surface area contributed by atoms with Crippen molar-refractivity contribution in [1.29, 1.82) is 0 Å². The van der Waals surface area contributed by atoms with Crippen LogP contribution in [0.5, 0.6) is 0 Å². The van der Waals surface area contributed by atoms with Crippen LogP contribution in [0.25, 0.3) is 0 Å². The van der Waals surface area contributed by atoms with E-state index < -0.39 is 0 Å². The lowest BCUT2D eigenvalue weighted by Gasteiger charge is -2.25. The number of hydrogen-bond acceptors (Lipinski definition) is 3. The highest BCUT2D eigenvalue weighted by atomic mass is 79.9. The van der Waals surface area contributed by atoms with E-state index in [4.69, 9.17) is 4.74 Å². The number of rotatable bonds is 4. The summed E-state index contributed by atoms with van der Waals surface area (Å²) in [7, 11) is 0. The van der Waals surface area contributed by atoms with Gasteiger partial charge in [-0.2, -0.15) is 0 Å². The third-order valence-electron chi connectivity index (χ3n) is 3.30. The first-order valence-electron chi connectivity index (χ1n) is 6.63. The van der Waals surface area contributed by atoms with Crippen LogP contribution in [-0.2, 0) is 22.0 Å². The SMILES string of the molecule is CC(C)(C)n1c(CBr)nnc1CCC1CCCO1. The lowest BCUT2D eigenvalue weighted by molar-refractivity contribution is 0.103. The fourth-order valence-corrected chi connectivity index (χ4v) is 2.90. The van der Waals surface area contributed by atoms with Crippen LogP contribution in [0.1, 0.15) is 51.7 Å². The Balaban J connectivity index is 2.09. The molecule has 1 fully saturated rings. The Kier molecular flexibility index (Phi) is 4.43. The third kappa shape index (κ3) is 3.12. The van der Waals surface area contributed by atoms with Gasteiger partial charge in [-0.1, -0.05) is 15.9 Å². The molecule has 1 aliphatic rings. The molecule has 0 bridgehead atoms. The van der Waals surface area contributed by atoms with E-state index in [0.29, 0.717) is 6.10 Å². The maximum atomic E-state index is 5.67. The molecule has 0 spiro atoms. The molecule has 1 unspecified atom stereocenters. The molecule has 1 atom stereocenters.